The fourth-order valence-corrected chi connectivity index (χ4v) is 2.01. The first-order chi connectivity index (χ1) is 7.65. The van der Waals surface area contributed by atoms with Crippen LogP contribution in [-0.4, -0.2) is 4.57 Å². The van der Waals surface area contributed by atoms with Gasteiger partial charge in [0.05, 0.1) is 17.5 Å². The van der Waals surface area contributed by atoms with Crippen LogP contribution in [0.25, 0.3) is 11.5 Å². The van der Waals surface area contributed by atoms with Crippen molar-refractivity contribution in [2.24, 2.45) is 0 Å². The van der Waals surface area contributed by atoms with Crippen molar-refractivity contribution in [3.05, 3.63) is 35.7 Å². The Bertz CT molecular complexity index is 527. The van der Waals surface area contributed by atoms with Crippen LogP contribution in [-0.2, 0) is 0 Å². The summed E-state index contributed by atoms with van der Waals surface area (Å²) in [6.07, 6.45) is 1.65. The molecule has 0 aliphatic rings. The van der Waals surface area contributed by atoms with E-state index in [1.54, 1.807) is 6.26 Å². The monoisotopic (exact) mass is 214 g/mol. The Hall–Kier alpha value is -1.95. The van der Waals surface area contributed by atoms with Gasteiger partial charge in [0.25, 0.3) is 0 Å². The largest absolute Gasteiger partial charge is 0.463 e. The number of hydrogen-bond donors (Lipinski definition) is 0. The van der Waals surface area contributed by atoms with Crippen molar-refractivity contribution >= 4 is 0 Å². The molecule has 0 spiro atoms. The third-order valence-corrected chi connectivity index (χ3v) is 2.70. The highest BCUT2D eigenvalue weighted by molar-refractivity contribution is 5.59. The van der Waals surface area contributed by atoms with Gasteiger partial charge in [-0.05, 0) is 39.0 Å². The van der Waals surface area contributed by atoms with Gasteiger partial charge in [0.2, 0.25) is 0 Å². The van der Waals surface area contributed by atoms with Gasteiger partial charge in [0, 0.05) is 11.7 Å². The highest BCUT2D eigenvalue weighted by Crippen LogP contribution is 2.29. The van der Waals surface area contributed by atoms with E-state index in [2.05, 4.69) is 24.5 Å². The number of aromatic nitrogens is 1. The lowest BCUT2D eigenvalue weighted by Crippen LogP contribution is -2.04. The zero-order chi connectivity index (χ0) is 11.7. The maximum absolute atomic E-state index is 9.04. The molecule has 2 aromatic rings. The van der Waals surface area contributed by atoms with Crippen LogP contribution in [0.5, 0.6) is 0 Å². The van der Waals surface area contributed by atoms with Crippen LogP contribution in [0.1, 0.15) is 31.1 Å². The zero-order valence-corrected chi connectivity index (χ0v) is 9.69. The van der Waals surface area contributed by atoms with E-state index in [1.165, 1.54) is 0 Å². The Morgan fingerprint density at radius 3 is 2.69 bits per heavy atom. The first kappa shape index (κ1) is 10.6. The lowest BCUT2D eigenvalue weighted by Gasteiger charge is -2.14. The molecule has 2 rings (SSSR count). The van der Waals surface area contributed by atoms with Crippen LogP contribution in [0.2, 0.25) is 0 Å². The molecule has 2 aromatic heterocycles. The Balaban J connectivity index is 2.66. The molecule has 82 valence electrons. The molecule has 0 aromatic carbocycles. The molecule has 0 saturated heterocycles. The summed E-state index contributed by atoms with van der Waals surface area (Å²) in [5.74, 6) is 0.804. The molecule has 0 radical (unpaired) electrons. The van der Waals surface area contributed by atoms with E-state index in [0.717, 1.165) is 17.1 Å². The molecule has 0 atom stereocenters. The van der Waals surface area contributed by atoms with E-state index in [1.807, 2.05) is 25.1 Å². The van der Waals surface area contributed by atoms with Crippen LogP contribution in [0, 0.1) is 18.3 Å². The van der Waals surface area contributed by atoms with Crippen molar-refractivity contribution in [3.63, 3.8) is 0 Å². The molecule has 0 amide bonds. The summed E-state index contributed by atoms with van der Waals surface area (Å²) in [6.45, 7) is 6.16. The standard InChI is InChI=1S/C13H14N2O/c1-9(2)15-10(3)11(8-14)7-12(15)13-5-4-6-16-13/h4-7,9H,1-3H3. The van der Waals surface area contributed by atoms with Crippen LogP contribution >= 0.6 is 0 Å². The van der Waals surface area contributed by atoms with Crippen molar-refractivity contribution in [2.75, 3.05) is 0 Å². The molecular weight excluding hydrogens is 200 g/mol. The summed E-state index contributed by atoms with van der Waals surface area (Å²) in [6, 6.07) is 8.17. The fourth-order valence-electron chi connectivity index (χ4n) is 2.01. The van der Waals surface area contributed by atoms with E-state index in [4.69, 9.17) is 9.68 Å². The van der Waals surface area contributed by atoms with Gasteiger partial charge in [-0.25, -0.2) is 0 Å². The molecule has 0 unspecified atom stereocenters. The zero-order valence-electron chi connectivity index (χ0n) is 9.69. The molecule has 0 bridgehead atoms. The maximum Gasteiger partial charge on any atom is 0.150 e. The summed E-state index contributed by atoms with van der Waals surface area (Å²) in [5.41, 5.74) is 2.66. The smallest absolute Gasteiger partial charge is 0.150 e. The summed E-state index contributed by atoms with van der Waals surface area (Å²) >= 11 is 0. The van der Waals surface area contributed by atoms with E-state index < -0.39 is 0 Å². The van der Waals surface area contributed by atoms with Crippen molar-refractivity contribution in [3.8, 4) is 17.5 Å². The molecule has 3 nitrogen and oxygen atoms in total. The van der Waals surface area contributed by atoms with Crippen LogP contribution in [0.4, 0.5) is 0 Å². The molecule has 16 heavy (non-hydrogen) atoms. The SMILES string of the molecule is Cc1c(C#N)cc(-c2ccco2)n1C(C)C. The Labute approximate surface area is 94.9 Å². The Morgan fingerprint density at radius 1 is 1.44 bits per heavy atom. The molecule has 0 saturated carbocycles. The molecule has 0 N–H and O–H groups in total. The van der Waals surface area contributed by atoms with E-state index in [-0.39, 0.29) is 0 Å². The van der Waals surface area contributed by atoms with E-state index in [0.29, 0.717) is 11.6 Å². The van der Waals surface area contributed by atoms with Gasteiger partial charge in [-0.2, -0.15) is 5.26 Å². The lowest BCUT2D eigenvalue weighted by molar-refractivity contribution is 0.550. The Morgan fingerprint density at radius 2 is 2.19 bits per heavy atom. The van der Waals surface area contributed by atoms with Gasteiger partial charge in [-0.1, -0.05) is 0 Å². The lowest BCUT2D eigenvalue weighted by atomic mass is 10.2. The second-order valence-corrected chi connectivity index (χ2v) is 4.08. The number of rotatable bonds is 2. The molecule has 0 aliphatic heterocycles. The van der Waals surface area contributed by atoms with Crippen molar-refractivity contribution < 1.29 is 4.42 Å². The number of nitrogens with zero attached hydrogens (tertiary/aromatic N) is 2. The van der Waals surface area contributed by atoms with Crippen LogP contribution in [0.3, 0.4) is 0 Å². The third-order valence-electron chi connectivity index (χ3n) is 2.70. The van der Waals surface area contributed by atoms with Gasteiger partial charge in [0.1, 0.15) is 11.8 Å². The Kier molecular flexibility index (Phi) is 2.57. The van der Waals surface area contributed by atoms with Gasteiger partial charge in [0.15, 0.2) is 0 Å². The summed E-state index contributed by atoms with van der Waals surface area (Å²) in [7, 11) is 0. The highest BCUT2D eigenvalue weighted by atomic mass is 16.3. The highest BCUT2D eigenvalue weighted by Gasteiger charge is 2.16. The van der Waals surface area contributed by atoms with E-state index in [9.17, 15) is 0 Å². The molecule has 3 heteroatoms. The number of nitriles is 1. The van der Waals surface area contributed by atoms with Gasteiger partial charge >= 0.3 is 0 Å². The second kappa shape index (κ2) is 3.90. The summed E-state index contributed by atoms with van der Waals surface area (Å²) in [5, 5.41) is 9.04. The minimum atomic E-state index is 0.308. The van der Waals surface area contributed by atoms with Crippen molar-refractivity contribution in [1.82, 2.24) is 4.57 Å². The normalized spacial score (nSPS) is 10.7. The average molecular weight is 214 g/mol. The summed E-state index contributed by atoms with van der Waals surface area (Å²) in [4.78, 5) is 0. The van der Waals surface area contributed by atoms with Crippen LogP contribution < -0.4 is 0 Å². The second-order valence-electron chi connectivity index (χ2n) is 4.08. The predicted octanol–water partition coefficient (Wildman–Crippen LogP) is 3.51. The first-order valence-electron chi connectivity index (χ1n) is 5.31. The van der Waals surface area contributed by atoms with Crippen molar-refractivity contribution in [1.29, 1.82) is 5.26 Å². The first-order valence-corrected chi connectivity index (χ1v) is 5.31. The topological polar surface area (TPSA) is 41.9 Å². The molecule has 0 aliphatic carbocycles. The summed E-state index contributed by atoms with van der Waals surface area (Å²) < 4.78 is 7.52. The van der Waals surface area contributed by atoms with Crippen molar-refractivity contribution in [2.45, 2.75) is 26.8 Å². The molecule has 2 heterocycles. The maximum atomic E-state index is 9.04. The van der Waals surface area contributed by atoms with E-state index >= 15 is 0 Å². The third kappa shape index (κ3) is 1.53. The van der Waals surface area contributed by atoms with Gasteiger partial charge in [-0.3, -0.25) is 0 Å². The molecular formula is C13H14N2O. The van der Waals surface area contributed by atoms with Gasteiger partial charge < -0.3 is 8.98 Å². The van der Waals surface area contributed by atoms with Crippen LogP contribution in [0.15, 0.2) is 28.9 Å². The van der Waals surface area contributed by atoms with Gasteiger partial charge in [-0.15, -0.1) is 0 Å². The number of furan rings is 1. The fraction of sp³-hybridized carbons (Fsp3) is 0.308. The quantitative estimate of drug-likeness (QED) is 0.767. The average Bonchev–Trinajstić information content (AvgIpc) is 2.83. The minimum Gasteiger partial charge on any atom is -0.463 e. The molecule has 0 fully saturated rings. The number of hydrogen-bond acceptors (Lipinski definition) is 2. The predicted molar refractivity (Wildman–Crippen MR) is 62.0 cm³/mol. The minimum absolute atomic E-state index is 0.308.